The quantitative estimate of drug-likeness (QED) is 0.434. The van der Waals surface area contributed by atoms with Crippen molar-refractivity contribution in [3.05, 3.63) is 18.1 Å². The number of aromatic nitrogens is 2. The zero-order valence-corrected chi connectivity index (χ0v) is 12.8. The number of aryl methyl sites for hydroxylation is 1. The summed E-state index contributed by atoms with van der Waals surface area (Å²) in [6.07, 6.45) is 1.32. The second-order valence-electron chi connectivity index (χ2n) is 3.68. The summed E-state index contributed by atoms with van der Waals surface area (Å²) in [6.45, 7) is 1.59. The number of hydrogen-bond acceptors (Lipinski definition) is 6. The molecule has 0 aromatic carbocycles. The van der Waals surface area contributed by atoms with Crippen LogP contribution in [-0.4, -0.2) is 45.2 Å². The Hall–Kier alpha value is 0.00675. The van der Waals surface area contributed by atoms with Crippen LogP contribution in [0.1, 0.15) is 12.1 Å². The largest absolute Gasteiger partial charge is 0.549 e. The zero-order valence-electron chi connectivity index (χ0n) is 9.51. The van der Waals surface area contributed by atoms with E-state index in [0.29, 0.717) is 17.9 Å². The van der Waals surface area contributed by atoms with Gasteiger partial charge in [0.1, 0.15) is 12.3 Å². The van der Waals surface area contributed by atoms with Crippen LogP contribution in [0, 0.1) is 19.3 Å². The summed E-state index contributed by atoms with van der Waals surface area (Å²) >= 11 is 0. The van der Waals surface area contributed by atoms with Crippen LogP contribution >= 0.6 is 0 Å². The van der Waals surface area contributed by atoms with Gasteiger partial charge in [-0.2, -0.15) is 5.82 Å². The Balaban J connectivity index is 0.00000144. The molecule has 1 saturated heterocycles. The van der Waals surface area contributed by atoms with Crippen LogP contribution < -0.4 is 5.32 Å². The number of nitrogens with zero attached hydrogens (tertiary/aromatic N) is 2. The summed E-state index contributed by atoms with van der Waals surface area (Å²) in [5.41, 5.74) is 0.676. The molecule has 6 nitrogen and oxygen atoms in total. The molecule has 1 aliphatic rings. The summed E-state index contributed by atoms with van der Waals surface area (Å²) in [4.78, 5) is 7.65. The van der Waals surface area contributed by atoms with E-state index in [1.54, 1.807) is 6.92 Å². The van der Waals surface area contributed by atoms with Crippen molar-refractivity contribution in [2.45, 2.75) is 31.8 Å². The van der Waals surface area contributed by atoms with Crippen LogP contribution in [0.3, 0.4) is 0 Å². The summed E-state index contributed by atoms with van der Waals surface area (Å²) in [5.74, 6) is 0.475. The van der Waals surface area contributed by atoms with Crippen LogP contribution in [0.15, 0.2) is 0 Å². The molecule has 1 aromatic heterocycles. The second-order valence-corrected chi connectivity index (χ2v) is 3.68. The van der Waals surface area contributed by atoms with Crippen LogP contribution in [0.25, 0.3) is 0 Å². The standard InChI is InChI=1S/C10H13N3O3.2Rh/c1-6-2-9(12-5-11-6)13-10-3-7(15)8(4-14)16-10;;/h7-8,10,14-15H,3-4H2,1H3,(H,11,12,13);;/q-2;;/t7-,8+,10+;;/m0../s1. The molecule has 1 aromatic rings. The van der Waals surface area contributed by atoms with E-state index in [-0.39, 0.29) is 51.8 Å². The molecule has 8 heteroatoms. The topological polar surface area (TPSA) is 87.5 Å². The van der Waals surface area contributed by atoms with Gasteiger partial charge in [0, 0.05) is 51.7 Å². The molecular formula is C10H13N3O3Rh2-2. The van der Waals surface area contributed by atoms with Crippen molar-refractivity contribution in [1.82, 2.24) is 9.97 Å². The summed E-state index contributed by atoms with van der Waals surface area (Å²) in [5, 5.41) is 21.4. The van der Waals surface area contributed by atoms with E-state index in [1.165, 1.54) is 0 Å². The molecule has 0 spiro atoms. The van der Waals surface area contributed by atoms with E-state index in [9.17, 15) is 5.11 Å². The Morgan fingerprint density at radius 1 is 1.44 bits per heavy atom. The molecule has 106 valence electrons. The molecule has 2 heterocycles. The first-order chi connectivity index (χ1) is 7.69. The Morgan fingerprint density at radius 3 is 2.72 bits per heavy atom. The summed E-state index contributed by atoms with van der Waals surface area (Å²) in [7, 11) is 0. The van der Waals surface area contributed by atoms with Gasteiger partial charge in [0.25, 0.3) is 0 Å². The first-order valence-corrected chi connectivity index (χ1v) is 5.04. The van der Waals surface area contributed by atoms with Crippen molar-refractivity contribution >= 4 is 5.82 Å². The molecule has 1 fully saturated rings. The van der Waals surface area contributed by atoms with Crippen LogP contribution in [0.5, 0.6) is 0 Å². The predicted molar refractivity (Wildman–Crippen MR) is 54.4 cm³/mol. The number of anilines is 1. The van der Waals surface area contributed by atoms with E-state index in [2.05, 4.69) is 27.7 Å². The van der Waals surface area contributed by atoms with Crippen molar-refractivity contribution in [2.24, 2.45) is 0 Å². The number of nitrogens with one attached hydrogen (secondary N) is 1. The van der Waals surface area contributed by atoms with Gasteiger partial charge in [-0.05, 0) is 0 Å². The maximum Gasteiger partial charge on any atom is 0.119 e. The monoisotopic (exact) mass is 429 g/mol. The van der Waals surface area contributed by atoms with Gasteiger partial charge in [-0.3, -0.25) is 5.69 Å². The Labute approximate surface area is 131 Å². The van der Waals surface area contributed by atoms with Crippen molar-refractivity contribution < 1.29 is 53.9 Å². The van der Waals surface area contributed by atoms with Gasteiger partial charge in [0.15, 0.2) is 0 Å². The first-order valence-electron chi connectivity index (χ1n) is 5.04. The average molecular weight is 429 g/mol. The van der Waals surface area contributed by atoms with Crippen molar-refractivity contribution in [1.29, 1.82) is 0 Å². The minimum absolute atomic E-state index is 0. The fourth-order valence-electron chi connectivity index (χ4n) is 1.58. The van der Waals surface area contributed by atoms with Crippen molar-refractivity contribution in [3.8, 4) is 0 Å². The van der Waals surface area contributed by atoms with E-state index < -0.39 is 12.2 Å². The minimum Gasteiger partial charge on any atom is -0.549 e. The fraction of sp³-hybridized carbons (Fsp3) is 0.600. The molecule has 0 aliphatic carbocycles. The van der Waals surface area contributed by atoms with E-state index in [1.807, 2.05) is 0 Å². The normalized spacial score (nSPS) is 26.1. The minimum atomic E-state index is -0.658. The summed E-state index contributed by atoms with van der Waals surface area (Å²) in [6, 6.07) is 2.89. The number of rotatable bonds is 3. The molecule has 1 aliphatic heterocycles. The third-order valence-electron chi connectivity index (χ3n) is 2.38. The maximum atomic E-state index is 9.52. The Kier molecular flexibility index (Phi) is 8.24. The first kappa shape index (κ1) is 18.0. The molecule has 2 radical (unpaired) electrons. The van der Waals surface area contributed by atoms with Gasteiger partial charge in [-0.1, -0.05) is 0 Å². The van der Waals surface area contributed by atoms with Crippen LogP contribution in [0.2, 0.25) is 0 Å². The van der Waals surface area contributed by atoms with Crippen LogP contribution in [0.4, 0.5) is 5.82 Å². The average Bonchev–Trinajstić information content (AvgIpc) is 2.58. The van der Waals surface area contributed by atoms with Gasteiger partial charge in [-0.25, -0.2) is 0 Å². The number of aliphatic hydroxyl groups excluding tert-OH is 2. The second kappa shape index (κ2) is 8.23. The maximum absolute atomic E-state index is 9.52. The summed E-state index contributed by atoms with van der Waals surface area (Å²) < 4.78 is 5.36. The molecule has 3 atom stereocenters. The number of hydrogen-bond donors (Lipinski definition) is 3. The molecule has 2 rings (SSSR count). The molecule has 0 bridgehead atoms. The van der Waals surface area contributed by atoms with Gasteiger partial charge >= 0.3 is 0 Å². The molecule has 0 unspecified atom stereocenters. The van der Waals surface area contributed by atoms with Gasteiger partial charge in [0.2, 0.25) is 0 Å². The molecular weight excluding hydrogens is 416 g/mol. The Morgan fingerprint density at radius 2 is 2.17 bits per heavy atom. The smallest absolute Gasteiger partial charge is 0.119 e. The zero-order chi connectivity index (χ0) is 11.5. The van der Waals surface area contributed by atoms with E-state index in [4.69, 9.17) is 9.84 Å². The number of aliphatic hydroxyl groups is 2. The molecule has 18 heavy (non-hydrogen) atoms. The molecule has 0 amide bonds. The molecule has 3 N–H and O–H groups in total. The van der Waals surface area contributed by atoms with Gasteiger partial charge in [-0.15, -0.1) is 6.92 Å². The van der Waals surface area contributed by atoms with E-state index in [0.717, 1.165) is 0 Å². The van der Waals surface area contributed by atoms with Crippen LogP contribution in [-0.2, 0) is 43.7 Å². The predicted octanol–water partition coefficient (Wildman–Crippen LogP) is -0.740. The fourth-order valence-corrected chi connectivity index (χ4v) is 1.58. The van der Waals surface area contributed by atoms with Gasteiger partial charge < -0.3 is 36.3 Å². The van der Waals surface area contributed by atoms with E-state index >= 15 is 0 Å². The van der Waals surface area contributed by atoms with Crippen molar-refractivity contribution in [3.63, 3.8) is 0 Å². The Bertz CT molecular complexity index is 370. The SMILES string of the molecule is Cc1[c-]c(N[C@H]2C[C@H](O)[C@@H](CO)O2)n[c-]n1.[Rh].[Rh]. The number of ether oxygens (including phenoxy) is 1. The van der Waals surface area contributed by atoms with Crippen molar-refractivity contribution in [2.75, 3.05) is 11.9 Å². The van der Waals surface area contributed by atoms with Gasteiger partial charge in [0.05, 0.1) is 12.7 Å². The molecule has 0 saturated carbocycles. The third kappa shape index (κ3) is 4.60. The third-order valence-corrected chi connectivity index (χ3v) is 2.38.